The molecule has 1 amide bonds. The van der Waals surface area contributed by atoms with Crippen LogP contribution in [0.1, 0.15) is 6.92 Å². The molecule has 0 aliphatic rings. The fraction of sp³-hybridized carbons (Fsp3) is 0.222. The number of para-hydroxylation sites is 1. The first-order valence-electron chi connectivity index (χ1n) is 4.15. The normalized spacial score (nSPS) is 8.86. The van der Waals surface area contributed by atoms with Crippen molar-refractivity contribution in [3.63, 3.8) is 0 Å². The second-order valence-electron chi connectivity index (χ2n) is 2.46. The molecule has 1 aromatic carbocycles. The van der Waals surface area contributed by atoms with Crippen molar-refractivity contribution in [1.82, 2.24) is 0 Å². The zero-order chi connectivity index (χ0) is 10.4. The molecule has 0 bridgehead atoms. The molecule has 5 heteroatoms. The zero-order valence-electron chi connectivity index (χ0n) is 7.73. The summed E-state index contributed by atoms with van der Waals surface area (Å²) in [4.78, 5) is 14.0. The van der Waals surface area contributed by atoms with Gasteiger partial charge in [0.15, 0.2) is 4.98 Å². The molecule has 0 aliphatic heterocycles. The third kappa shape index (κ3) is 2.45. The summed E-state index contributed by atoms with van der Waals surface area (Å²) < 4.78 is 4.67. The van der Waals surface area contributed by atoms with E-state index >= 15 is 0 Å². The van der Waals surface area contributed by atoms with Crippen molar-refractivity contribution >= 4 is 17.5 Å². The van der Waals surface area contributed by atoms with Crippen LogP contribution in [0.25, 0.3) is 4.98 Å². The first kappa shape index (κ1) is 9.99. The van der Waals surface area contributed by atoms with E-state index in [0.717, 1.165) is 0 Å². The van der Waals surface area contributed by atoms with Gasteiger partial charge < -0.3 is 4.74 Å². The number of rotatable bonds is 2. The standard InChI is InChI=1S/C9H9N3O2/c1-2-14-9(13)11-7-5-3-4-6-8(7)12-10/h3-6H,2H2,1H3/p+1. The van der Waals surface area contributed by atoms with Crippen LogP contribution in [-0.4, -0.2) is 12.7 Å². The molecule has 0 atom stereocenters. The summed E-state index contributed by atoms with van der Waals surface area (Å²) in [6.45, 7) is 2.01. The summed E-state index contributed by atoms with van der Waals surface area (Å²) in [6, 6.07) is 6.61. The van der Waals surface area contributed by atoms with Crippen LogP contribution in [0.4, 0.5) is 16.2 Å². The van der Waals surface area contributed by atoms with Gasteiger partial charge >= 0.3 is 11.8 Å². The lowest BCUT2D eigenvalue weighted by Gasteiger charge is -2.01. The van der Waals surface area contributed by atoms with Crippen LogP contribution in [0.3, 0.4) is 0 Å². The second kappa shape index (κ2) is 4.82. The highest BCUT2D eigenvalue weighted by molar-refractivity contribution is 5.89. The van der Waals surface area contributed by atoms with E-state index in [-0.39, 0.29) is 0 Å². The first-order valence-corrected chi connectivity index (χ1v) is 4.15. The zero-order valence-corrected chi connectivity index (χ0v) is 7.73. The van der Waals surface area contributed by atoms with Gasteiger partial charge in [-0.3, -0.25) is 5.32 Å². The molecule has 1 N–H and O–H groups in total. The number of ether oxygens (including phenoxy) is 1. The minimum absolute atomic E-state index is 0.292. The summed E-state index contributed by atoms with van der Waals surface area (Å²) in [5.74, 6) is 0. The van der Waals surface area contributed by atoms with E-state index in [4.69, 9.17) is 5.39 Å². The fourth-order valence-corrected chi connectivity index (χ4v) is 0.944. The SMILES string of the molecule is CCOC(=O)Nc1ccccc1[N+]#N. The van der Waals surface area contributed by atoms with Crippen LogP contribution in [-0.2, 0) is 4.74 Å². The molecule has 0 saturated heterocycles. The predicted molar refractivity (Wildman–Crippen MR) is 51.8 cm³/mol. The molecule has 0 spiro atoms. The van der Waals surface area contributed by atoms with E-state index in [1.54, 1.807) is 31.2 Å². The summed E-state index contributed by atoms with van der Waals surface area (Å²) in [7, 11) is 0. The Balaban J connectivity index is 2.77. The molecule has 5 nitrogen and oxygen atoms in total. The van der Waals surface area contributed by atoms with Gasteiger partial charge in [-0.05, 0) is 13.0 Å². The van der Waals surface area contributed by atoms with Crippen LogP contribution in [0, 0.1) is 5.39 Å². The van der Waals surface area contributed by atoms with Crippen molar-refractivity contribution < 1.29 is 9.53 Å². The Morgan fingerprint density at radius 3 is 2.93 bits per heavy atom. The van der Waals surface area contributed by atoms with Crippen molar-refractivity contribution in [3.05, 3.63) is 29.2 Å². The molecule has 14 heavy (non-hydrogen) atoms. The Morgan fingerprint density at radius 1 is 1.57 bits per heavy atom. The van der Waals surface area contributed by atoms with E-state index in [2.05, 4.69) is 15.0 Å². The molecule has 0 heterocycles. The van der Waals surface area contributed by atoms with Gasteiger partial charge in [0.2, 0.25) is 5.39 Å². The highest BCUT2D eigenvalue weighted by Gasteiger charge is 2.14. The Hall–Kier alpha value is -2.09. The van der Waals surface area contributed by atoms with Crippen molar-refractivity contribution in [2.75, 3.05) is 11.9 Å². The maximum atomic E-state index is 11.0. The molecule has 72 valence electrons. The van der Waals surface area contributed by atoms with E-state index in [1.165, 1.54) is 0 Å². The molecule has 0 radical (unpaired) electrons. The molecular formula is C9H10N3O2+. The number of nitrogens with one attached hydrogen (secondary N) is 1. The van der Waals surface area contributed by atoms with E-state index in [9.17, 15) is 4.79 Å². The van der Waals surface area contributed by atoms with Crippen LogP contribution >= 0.6 is 0 Å². The predicted octanol–water partition coefficient (Wildman–Crippen LogP) is 2.74. The third-order valence-corrected chi connectivity index (χ3v) is 1.52. The number of amides is 1. The van der Waals surface area contributed by atoms with Gasteiger partial charge in [-0.2, -0.15) is 0 Å². The maximum Gasteiger partial charge on any atom is 0.411 e. The second-order valence-corrected chi connectivity index (χ2v) is 2.46. The van der Waals surface area contributed by atoms with E-state index < -0.39 is 6.09 Å². The number of anilines is 1. The Labute approximate surface area is 81.3 Å². The van der Waals surface area contributed by atoms with Crippen LogP contribution < -0.4 is 5.32 Å². The number of carbonyl (C=O) groups is 1. The molecule has 0 aliphatic carbocycles. The third-order valence-electron chi connectivity index (χ3n) is 1.52. The average Bonchev–Trinajstić information content (AvgIpc) is 2.19. The van der Waals surface area contributed by atoms with Crippen molar-refractivity contribution in [2.24, 2.45) is 0 Å². The average molecular weight is 192 g/mol. The fourth-order valence-electron chi connectivity index (χ4n) is 0.944. The van der Waals surface area contributed by atoms with Gasteiger partial charge in [0.05, 0.1) is 6.61 Å². The maximum absolute atomic E-state index is 11.0. The molecule has 0 aromatic heterocycles. The van der Waals surface area contributed by atoms with Gasteiger partial charge in [0.25, 0.3) is 0 Å². The number of carbonyl (C=O) groups excluding carboxylic acids is 1. The molecule has 1 aromatic rings. The summed E-state index contributed by atoms with van der Waals surface area (Å²) in [6.07, 6.45) is -0.566. The quantitative estimate of drug-likeness (QED) is 0.732. The van der Waals surface area contributed by atoms with E-state index in [1.807, 2.05) is 0 Å². The number of hydrogen-bond donors (Lipinski definition) is 1. The Bertz CT molecular complexity index is 371. The number of benzene rings is 1. The Kier molecular flexibility index (Phi) is 3.44. The number of nitrogens with zero attached hydrogens (tertiary/aromatic N) is 2. The highest BCUT2D eigenvalue weighted by atomic mass is 16.5. The lowest BCUT2D eigenvalue weighted by molar-refractivity contribution is 0.168. The first-order chi connectivity index (χ1) is 6.77. The van der Waals surface area contributed by atoms with Gasteiger partial charge in [-0.1, -0.05) is 12.1 Å². The van der Waals surface area contributed by atoms with Crippen LogP contribution in [0.2, 0.25) is 0 Å². The minimum Gasteiger partial charge on any atom is -0.450 e. The van der Waals surface area contributed by atoms with Gasteiger partial charge in [0.1, 0.15) is 5.69 Å². The van der Waals surface area contributed by atoms with Gasteiger partial charge in [0, 0.05) is 6.07 Å². The minimum atomic E-state index is -0.566. The summed E-state index contributed by atoms with van der Waals surface area (Å²) in [5.41, 5.74) is 0.703. The number of diazo groups is 1. The van der Waals surface area contributed by atoms with Crippen LogP contribution in [0.15, 0.2) is 24.3 Å². The van der Waals surface area contributed by atoms with Crippen molar-refractivity contribution in [3.8, 4) is 0 Å². The lowest BCUT2D eigenvalue weighted by Crippen LogP contribution is -2.13. The molecule has 0 unspecified atom stereocenters. The van der Waals surface area contributed by atoms with Crippen molar-refractivity contribution in [2.45, 2.75) is 6.92 Å². The Morgan fingerprint density at radius 2 is 2.29 bits per heavy atom. The largest absolute Gasteiger partial charge is 0.450 e. The van der Waals surface area contributed by atoms with Crippen LogP contribution in [0.5, 0.6) is 0 Å². The van der Waals surface area contributed by atoms with Crippen molar-refractivity contribution in [1.29, 1.82) is 5.39 Å². The van der Waals surface area contributed by atoms with E-state index in [0.29, 0.717) is 18.0 Å². The summed E-state index contributed by atoms with van der Waals surface area (Å²) in [5, 5.41) is 11.0. The molecular weight excluding hydrogens is 182 g/mol. The highest BCUT2D eigenvalue weighted by Crippen LogP contribution is 2.23. The molecule has 0 fully saturated rings. The monoisotopic (exact) mass is 192 g/mol. The van der Waals surface area contributed by atoms with Gasteiger partial charge in [-0.25, -0.2) is 4.79 Å². The number of hydrogen-bond acceptors (Lipinski definition) is 3. The summed E-state index contributed by atoms with van der Waals surface area (Å²) >= 11 is 0. The molecule has 0 saturated carbocycles. The smallest absolute Gasteiger partial charge is 0.411 e. The topological polar surface area (TPSA) is 66.5 Å². The van der Waals surface area contributed by atoms with Gasteiger partial charge in [-0.15, -0.1) is 0 Å². The molecule has 1 rings (SSSR count). The lowest BCUT2D eigenvalue weighted by atomic mass is 10.3.